The molecule has 1 saturated heterocycles. The molecule has 0 aromatic rings. The van der Waals surface area contributed by atoms with E-state index in [0.29, 0.717) is 0 Å². The van der Waals surface area contributed by atoms with Crippen LogP contribution in [0.4, 0.5) is 0 Å². The van der Waals surface area contributed by atoms with Gasteiger partial charge in [-0.1, -0.05) is 97.3 Å². The molecular weight excluding hydrogens is 302 g/mol. The number of hydrogen-bond donors (Lipinski definition) is 0. The van der Waals surface area contributed by atoms with Gasteiger partial charge in [0.05, 0.1) is 26.7 Å². The van der Waals surface area contributed by atoms with Crippen molar-refractivity contribution < 1.29 is 4.48 Å². The Hall–Kier alpha value is -0.0400. The molecule has 0 aromatic carbocycles. The van der Waals surface area contributed by atoms with Crippen LogP contribution in [0.15, 0.2) is 0 Å². The maximum absolute atomic E-state index is 2.47. The first kappa shape index (κ1) is 23.0. The first-order valence-electron chi connectivity index (χ1n) is 12.0. The second kappa shape index (κ2) is 15.1. The van der Waals surface area contributed by atoms with Crippen LogP contribution in [-0.4, -0.2) is 31.2 Å². The molecule has 0 atom stereocenters. The Labute approximate surface area is 160 Å². The molecule has 1 heteroatoms. The van der Waals surface area contributed by atoms with Crippen LogP contribution in [0.25, 0.3) is 0 Å². The fourth-order valence-corrected chi connectivity index (χ4v) is 4.49. The Morgan fingerprint density at radius 1 is 0.560 bits per heavy atom. The second-order valence-electron chi connectivity index (χ2n) is 9.63. The highest BCUT2D eigenvalue weighted by Gasteiger charge is 2.25. The lowest BCUT2D eigenvalue weighted by Crippen LogP contribution is -2.41. The molecule has 150 valence electrons. The highest BCUT2D eigenvalue weighted by molar-refractivity contribution is 4.54. The van der Waals surface area contributed by atoms with E-state index < -0.39 is 0 Å². The first-order valence-corrected chi connectivity index (χ1v) is 12.0. The summed E-state index contributed by atoms with van der Waals surface area (Å²) in [4.78, 5) is 0. The number of quaternary nitrogens is 1. The zero-order chi connectivity index (χ0) is 18.2. The van der Waals surface area contributed by atoms with Gasteiger partial charge in [-0.2, -0.15) is 0 Å². The highest BCUT2D eigenvalue weighted by atomic mass is 15.3. The van der Waals surface area contributed by atoms with Crippen molar-refractivity contribution in [2.45, 2.75) is 123 Å². The highest BCUT2D eigenvalue weighted by Crippen LogP contribution is 2.18. The Morgan fingerprint density at radius 3 is 1.32 bits per heavy atom. The molecule has 1 aliphatic heterocycles. The van der Waals surface area contributed by atoms with E-state index in [1.54, 1.807) is 0 Å². The van der Waals surface area contributed by atoms with Gasteiger partial charge >= 0.3 is 0 Å². The summed E-state index contributed by atoms with van der Waals surface area (Å²) in [5, 5.41) is 0. The fraction of sp³-hybridized carbons (Fsp3) is 1.00. The maximum atomic E-state index is 2.47. The summed E-state index contributed by atoms with van der Waals surface area (Å²) in [7, 11) is 2.47. The van der Waals surface area contributed by atoms with Gasteiger partial charge in [-0.25, -0.2) is 0 Å². The van der Waals surface area contributed by atoms with Crippen molar-refractivity contribution in [3.63, 3.8) is 0 Å². The van der Waals surface area contributed by atoms with E-state index in [9.17, 15) is 0 Å². The molecule has 0 bridgehead atoms. The number of unbranched alkanes of at least 4 members (excludes halogenated alkanes) is 13. The second-order valence-corrected chi connectivity index (χ2v) is 9.63. The Morgan fingerprint density at radius 2 is 0.920 bits per heavy atom. The minimum Gasteiger partial charge on any atom is -0.326 e. The number of hydrogen-bond acceptors (Lipinski definition) is 0. The summed E-state index contributed by atoms with van der Waals surface area (Å²) < 4.78 is 1.37. The van der Waals surface area contributed by atoms with Crippen LogP contribution in [-0.2, 0) is 0 Å². The number of rotatable bonds is 17. The van der Waals surface area contributed by atoms with Gasteiger partial charge in [-0.15, -0.1) is 0 Å². The van der Waals surface area contributed by atoms with Crippen molar-refractivity contribution in [3.8, 4) is 0 Å². The predicted molar refractivity (Wildman–Crippen MR) is 114 cm³/mol. The number of likely N-dealkylation sites (tertiary alicyclic amines) is 1. The van der Waals surface area contributed by atoms with Crippen LogP contribution in [0.3, 0.4) is 0 Å². The normalized spacial score (nSPS) is 16.8. The van der Waals surface area contributed by atoms with E-state index in [1.165, 1.54) is 133 Å². The van der Waals surface area contributed by atoms with Gasteiger partial charge < -0.3 is 4.48 Å². The Balaban J connectivity index is 1.69. The van der Waals surface area contributed by atoms with Gasteiger partial charge in [-0.05, 0) is 18.8 Å². The fourth-order valence-electron chi connectivity index (χ4n) is 4.49. The summed E-state index contributed by atoms with van der Waals surface area (Å²) in [6.07, 6.45) is 25.1. The average molecular weight is 353 g/mol. The quantitative estimate of drug-likeness (QED) is 0.185. The van der Waals surface area contributed by atoms with Crippen molar-refractivity contribution in [1.82, 2.24) is 0 Å². The van der Waals surface area contributed by atoms with Crippen LogP contribution in [0.2, 0.25) is 0 Å². The molecule has 25 heavy (non-hydrogen) atoms. The lowest BCUT2D eigenvalue weighted by atomic mass is 10.0. The van der Waals surface area contributed by atoms with Crippen molar-refractivity contribution in [2.75, 3.05) is 26.7 Å². The molecule has 0 radical (unpaired) electrons. The van der Waals surface area contributed by atoms with Crippen molar-refractivity contribution in [2.24, 2.45) is 5.92 Å². The molecule has 0 saturated carbocycles. The van der Waals surface area contributed by atoms with Crippen LogP contribution in [0, 0.1) is 5.92 Å². The lowest BCUT2D eigenvalue weighted by Gasteiger charge is -2.29. The minimum atomic E-state index is 0.898. The molecule has 1 heterocycles. The molecule has 1 rings (SSSR count). The summed E-state index contributed by atoms with van der Waals surface area (Å²) in [5.41, 5.74) is 0. The summed E-state index contributed by atoms with van der Waals surface area (Å²) in [5.74, 6) is 0.898. The molecule has 1 aliphatic rings. The van der Waals surface area contributed by atoms with E-state index in [-0.39, 0.29) is 0 Å². The van der Waals surface area contributed by atoms with Crippen molar-refractivity contribution in [3.05, 3.63) is 0 Å². The molecule has 0 aromatic heterocycles. The van der Waals surface area contributed by atoms with Gasteiger partial charge in [0.15, 0.2) is 0 Å². The van der Waals surface area contributed by atoms with Gasteiger partial charge in [0.2, 0.25) is 0 Å². The molecule has 1 nitrogen and oxygen atoms in total. The van der Waals surface area contributed by atoms with Crippen LogP contribution < -0.4 is 0 Å². The first-order chi connectivity index (χ1) is 12.1. The van der Waals surface area contributed by atoms with Crippen LogP contribution >= 0.6 is 0 Å². The third-order valence-electron chi connectivity index (χ3n) is 6.38. The third kappa shape index (κ3) is 13.8. The smallest absolute Gasteiger partial charge is 0.0786 e. The summed E-state index contributed by atoms with van der Waals surface area (Å²) in [6, 6.07) is 0. The molecule has 0 unspecified atom stereocenters. The van der Waals surface area contributed by atoms with Crippen molar-refractivity contribution >= 4 is 0 Å². The van der Waals surface area contributed by atoms with Gasteiger partial charge in [0.1, 0.15) is 0 Å². The average Bonchev–Trinajstić information content (AvgIpc) is 3.01. The molecule has 1 fully saturated rings. The monoisotopic (exact) mass is 352 g/mol. The predicted octanol–water partition coefficient (Wildman–Crippen LogP) is 7.73. The zero-order valence-corrected chi connectivity index (χ0v) is 18.2. The van der Waals surface area contributed by atoms with E-state index in [1.807, 2.05) is 0 Å². The molecule has 0 aliphatic carbocycles. The maximum Gasteiger partial charge on any atom is 0.0786 e. The lowest BCUT2D eigenvalue weighted by molar-refractivity contribution is -0.897. The van der Waals surface area contributed by atoms with Gasteiger partial charge in [0, 0.05) is 12.8 Å². The molecule has 0 amide bonds. The Bertz CT molecular complexity index is 278. The standard InChI is InChI=1S/C24H50N/c1-24(2)20-16-14-12-10-8-6-4-5-7-9-11-13-15-17-21-25(3)22-18-19-23-25/h24H,4-23H2,1-3H3/q+1. The van der Waals surface area contributed by atoms with E-state index in [4.69, 9.17) is 0 Å². The summed E-state index contributed by atoms with van der Waals surface area (Å²) >= 11 is 0. The SMILES string of the molecule is CC(C)CCCCCCCCCCCCCCCC[N+]1(C)CCCC1. The van der Waals surface area contributed by atoms with Crippen LogP contribution in [0.5, 0.6) is 0 Å². The zero-order valence-electron chi connectivity index (χ0n) is 18.2. The third-order valence-corrected chi connectivity index (χ3v) is 6.38. The number of nitrogens with zero attached hydrogens (tertiary/aromatic N) is 1. The van der Waals surface area contributed by atoms with E-state index in [0.717, 1.165) is 5.92 Å². The molecule has 0 spiro atoms. The van der Waals surface area contributed by atoms with Gasteiger partial charge in [-0.3, -0.25) is 0 Å². The minimum absolute atomic E-state index is 0.898. The summed E-state index contributed by atoms with van der Waals surface area (Å²) in [6.45, 7) is 9.01. The molecule has 0 N–H and O–H groups in total. The topological polar surface area (TPSA) is 0 Å². The van der Waals surface area contributed by atoms with Crippen LogP contribution in [0.1, 0.15) is 123 Å². The van der Waals surface area contributed by atoms with E-state index >= 15 is 0 Å². The Kier molecular flexibility index (Phi) is 13.9. The van der Waals surface area contributed by atoms with E-state index in [2.05, 4.69) is 20.9 Å². The largest absolute Gasteiger partial charge is 0.326 e. The van der Waals surface area contributed by atoms with Crippen molar-refractivity contribution in [1.29, 1.82) is 0 Å². The van der Waals surface area contributed by atoms with Gasteiger partial charge in [0.25, 0.3) is 0 Å². The molecular formula is C24H50N+.